The van der Waals surface area contributed by atoms with E-state index in [0.717, 1.165) is 33.2 Å². The van der Waals surface area contributed by atoms with E-state index < -0.39 is 40.1 Å². The van der Waals surface area contributed by atoms with Crippen LogP contribution < -0.4 is 34.8 Å². The fourth-order valence-corrected chi connectivity index (χ4v) is 14.3. The molecule has 7 N–H and O–H groups in total. The monoisotopic (exact) mass is 1310 g/mol. The molecule has 0 amide bonds. The molecule has 0 atom stereocenters. The molecule has 27 nitrogen and oxygen atoms in total. The molecule has 9 aromatic rings. The molecule has 89 heavy (non-hydrogen) atoms. The van der Waals surface area contributed by atoms with Crippen molar-refractivity contribution in [2.45, 2.75) is 56.2 Å². The van der Waals surface area contributed by atoms with Gasteiger partial charge in [0.1, 0.15) is 59.0 Å². The minimum Gasteiger partial charge on any atom is -0.494 e. The van der Waals surface area contributed by atoms with Gasteiger partial charge in [0.15, 0.2) is 0 Å². The number of aromatic nitrogens is 5. The van der Waals surface area contributed by atoms with Gasteiger partial charge < -0.3 is 45.0 Å². The molecule has 3 aromatic heterocycles. The fraction of sp³-hybridized carbons (Fsp3) is 0.281. The highest BCUT2D eigenvalue weighted by Crippen LogP contribution is 2.45. The predicted octanol–water partition coefficient (Wildman–Crippen LogP) is 11.6. The van der Waals surface area contributed by atoms with Crippen LogP contribution in [-0.2, 0) is 30.4 Å². The Labute approximate surface area is 520 Å². The van der Waals surface area contributed by atoms with Crippen molar-refractivity contribution in [3.8, 4) is 32.6 Å². The van der Waals surface area contributed by atoms with Crippen molar-refractivity contribution in [1.29, 1.82) is 0 Å². The molecule has 0 aliphatic heterocycles. The van der Waals surface area contributed by atoms with Crippen LogP contribution in [0.5, 0.6) is 11.5 Å². The maximum Gasteiger partial charge on any atom is 0.296 e. The second-order valence-corrected chi connectivity index (χ2v) is 25.8. The summed E-state index contributed by atoms with van der Waals surface area (Å²) in [7, 11) is -11.7. The van der Waals surface area contributed by atoms with E-state index in [-0.39, 0.29) is 110 Å². The lowest BCUT2D eigenvalue weighted by atomic mass is 10.2. The number of rotatable bonds is 26. The highest BCUT2D eigenvalue weighted by Gasteiger charge is 2.26. The van der Waals surface area contributed by atoms with Gasteiger partial charge in [0.2, 0.25) is 17.8 Å². The fourth-order valence-electron chi connectivity index (χ4n) is 9.60. The summed E-state index contributed by atoms with van der Waals surface area (Å²) < 4.78 is 121. The first-order chi connectivity index (χ1) is 42.4. The lowest BCUT2D eigenvalue weighted by Gasteiger charge is -2.25. The van der Waals surface area contributed by atoms with Crippen LogP contribution in [0.1, 0.15) is 38.8 Å². The number of ether oxygens (including phenoxy) is 2. The van der Waals surface area contributed by atoms with Crippen molar-refractivity contribution in [3.05, 3.63) is 102 Å². The Hall–Kier alpha value is -8.44. The number of fused-ring (bicyclic) bond motifs is 2. The Morgan fingerprint density at radius 2 is 0.978 bits per heavy atom. The molecule has 0 unspecified atom stereocenters. The van der Waals surface area contributed by atoms with Gasteiger partial charge in [0.05, 0.1) is 70.6 Å². The van der Waals surface area contributed by atoms with Gasteiger partial charge in [0.25, 0.3) is 30.4 Å². The van der Waals surface area contributed by atoms with Crippen molar-refractivity contribution < 1.29 is 58.6 Å². The zero-order chi connectivity index (χ0) is 64.1. The predicted molar refractivity (Wildman–Crippen MR) is 343 cm³/mol. The van der Waals surface area contributed by atoms with Crippen molar-refractivity contribution in [2.75, 3.05) is 92.0 Å². The number of hydrogen-bond donors (Lipinski definition) is 7. The first-order valence-electron chi connectivity index (χ1n) is 27.4. The summed E-state index contributed by atoms with van der Waals surface area (Å²) >= 11 is 2.24. The summed E-state index contributed by atoms with van der Waals surface area (Å²) in [6.45, 7) is 12.5. The van der Waals surface area contributed by atoms with Gasteiger partial charge >= 0.3 is 0 Å². The average molecular weight is 1310 g/mol. The Morgan fingerprint density at radius 1 is 0.517 bits per heavy atom. The molecule has 0 saturated carbocycles. The quantitative estimate of drug-likeness (QED) is 0.0196. The summed E-state index contributed by atoms with van der Waals surface area (Å²) in [5.74, 6) is 0.392. The van der Waals surface area contributed by atoms with Crippen molar-refractivity contribution in [3.63, 3.8) is 0 Å². The third-order valence-corrected chi connectivity index (χ3v) is 19.1. The number of azo groups is 2. The number of anilines is 7. The van der Waals surface area contributed by atoms with Crippen molar-refractivity contribution in [2.24, 2.45) is 20.5 Å². The van der Waals surface area contributed by atoms with Crippen LogP contribution in [0.3, 0.4) is 0 Å². The molecular formula is C57H62N14O13S5. The number of benzene rings is 6. The summed E-state index contributed by atoms with van der Waals surface area (Å²) in [6.07, 6.45) is 0. The molecule has 32 heteroatoms. The molecule has 3 heterocycles. The molecule has 0 fully saturated rings. The molecule has 6 aromatic carbocycles. The molecule has 468 valence electrons. The third kappa shape index (κ3) is 14.5. The number of aryl methyl sites for hydroxylation is 2. The molecule has 0 radical (unpaired) electrons. The number of thiazole rings is 2. The molecule has 0 bridgehead atoms. The van der Waals surface area contributed by atoms with Crippen LogP contribution in [0, 0.1) is 13.8 Å². The molecule has 0 spiro atoms. The molecule has 0 saturated heterocycles. The van der Waals surface area contributed by atoms with Gasteiger partial charge in [-0.15, -0.1) is 43.1 Å². The second-order valence-electron chi connectivity index (χ2n) is 19.7. The zero-order valence-corrected chi connectivity index (χ0v) is 53.3. The normalized spacial score (nSPS) is 12.2. The first kappa shape index (κ1) is 65.0. The Morgan fingerprint density at radius 3 is 1.43 bits per heavy atom. The maximum atomic E-state index is 13.1. The summed E-state index contributed by atoms with van der Waals surface area (Å²) in [5.41, 5.74) is 4.00. The minimum absolute atomic E-state index is 0.0362. The van der Waals surface area contributed by atoms with Crippen LogP contribution >= 0.6 is 22.7 Å². The molecule has 0 aliphatic rings. The lowest BCUT2D eigenvalue weighted by Crippen LogP contribution is -2.31. The maximum absolute atomic E-state index is 13.1. The third-order valence-electron chi connectivity index (χ3n) is 14.0. The van der Waals surface area contributed by atoms with Crippen LogP contribution in [0.25, 0.3) is 41.6 Å². The van der Waals surface area contributed by atoms with Gasteiger partial charge in [-0.05, 0) is 119 Å². The minimum atomic E-state index is -5.04. The molecule has 9 rings (SSSR count). The zero-order valence-electron chi connectivity index (χ0n) is 49.2. The summed E-state index contributed by atoms with van der Waals surface area (Å²) in [5, 5.41) is 45.3. The summed E-state index contributed by atoms with van der Waals surface area (Å²) in [4.78, 5) is 27.3. The van der Waals surface area contributed by atoms with Crippen molar-refractivity contribution in [1.82, 2.24) is 24.9 Å². The number of hydrogen-bond acceptors (Lipinski definition) is 26. The highest BCUT2D eigenvalue weighted by atomic mass is 32.2. The Kier molecular flexibility index (Phi) is 19.8. The molecule has 0 aliphatic carbocycles. The first-order valence-corrected chi connectivity index (χ1v) is 33.4. The Balaban J connectivity index is 1.16. The summed E-state index contributed by atoms with van der Waals surface area (Å²) in [6, 6.07) is 23.4. The standard InChI is InChI=1S/C57H62N14O13S5/c1-9-69(10-2)44-28-40(42(30-46(44)83-7)67-65-37-19-15-34(26-49(37)87(74,75)76)53-58-36-17-13-32(5)25-48(36)85-53)60-55-62-56(64-57(63-55)71(21-23-72)22-24-73)61-41-29-45(70(11-3)12-4)47(84-8)31-43(41)68-66-38-20-16-35(27-50(38)88(77,78)79)54-59-39-18-14-33(6)52(51(39)86-54)89(80,81)82/h13-20,25-31,72-73H,9-12,21-24H2,1-8H3,(H,74,75,76)(H,77,78,79)(H,80,81,82)(H2,60,61,62,63,64)/b67-65+,68-66+. The van der Waals surface area contributed by atoms with E-state index in [4.69, 9.17) is 24.4 Å². The van der Waals surface area contributed by atoms with E-state index in [1.54, 1.807) is 30.3 Å². The van der Waals surface area contributed by atoms with Gasteiger partial charge in [0, 0.05) is 62.5 Å². The largest absolute Gasteiger partial charge is 0.494 e. The average Bonchev–Trinajstić information content (AvgIpc) is 1.76. The van der Waals surface area contributed by atoms with E-state index in [2.05, 4.69) is 41.1 Å². The van der Waals surface area contributed by atoms with E-state index in [1.165, 1.54) is 73.8 Å². The van der Waals surface area contributed by atoms with E-state index in [0.29, 0.717) is 59.6 Å². The number of aliphatic hydroxyl groups is 2. The SMILES string of the molecule is CCN(CC)c1cc(Nc2nc(Nc3cc(N(CC)CC)c(OC)cc3/N=N/c3ccc(-c4nc5ccc(C)c(S(=O)(=O)O)c5s4)cc3S(=O)(=O)O)nc(N(CCO)CCO)n2)c(/N=N/c2ccc(-c3nc4ccc(C)cc4s3)cc2S(=O)(=O)O)cc1OC. The number of nitrogens with zero attached hydrogens (tertiary/aromatic N) is 12. The van der Waals surface area contributed by atoms with E-state index >= 15 is 0 Å². The molecular weight excluding hydrogens is 1250 g/mol. The number of aliphatic hydroxyl groups excluding tert-OH is 2. The second kappa shape index (κ2) is 27.1. The van der Waals surface area contributed by atoms with Crippen molar-refractivity contribution >= 4 is 137 Å². The van der Waals surface area contributed by atoms with Gasteiger partial charge in [-0.1, -0.05) is 12.1 Å². The van der Waals surface area contributed by atoms with Gasteiger partial charge in [-0.25, -0.2) is 9.97 Å². The number of nitrogens with one attached hydrogen (secondary N) is 2. The number of methoxy groups -OCH3 is 2. The van der Waals surface area contributed by atoms with Crippen LogP contribution in [0.2, 0.25) is 0 Å². The van der Waals surface area contributed by atoms with Crippen LogP contribution in [0.15, 0.2) is 126 Å². The van der Waals surface area contributed by atoms with Gasteiger partial charge in [-0.2, -0.15) is 40.2 Å². The highest BCUT2D eigenvalue weighted by molar-refractivity contribution is 7.86. The van der Waals surface area contributed by atoms with Crippen LogP contribution in [0.4, 0.5) is 63.3 Å². The topological polar surface area (TPSA) is 370 Å². The van der Waals surface area contributed by atoms with Gasteiger partial charge in [-0.3, -0.25) is 13.7 Å². The Bertz CT molecular complexity index is 4550. The van der Waals surface area contributed by atoms with Crippen LogP contribution in [-0.4, -0.2) is 141 Å². The lowest BCUT2D eigenvalue weighted by molar-refractivity contribution is 0.280. The van der Waals surface area contributed by atoms with E-state index in [1.807, 2.05) is 62.6 Å². The van der Waals surface area contributed by atoms with E-state index in [9.17, 15) is 49.1 Å². The smallest absolute Gasteiger partial charge is 0.296 e.